The van der Waals surface area contributed by atoms with Crippen molar-refractivity contribution < 1.29 is 13.2 Å². The minimum atomic E-state index is -3.08. The highest BCUT2D eigenvalue weighted by atomic mass is 35.5. The first-order valence-corrected chi connectivity index (χ1v) is 13.2. The predicted molar refractivity (Wildman–Crippen MR) is 125 cm³/mol. The van der Waals surface area contributed by atoms with Gasteiger partial charge in [0.2, 0.25) is 10.0 Å². The van der Waals surface area contributed by atoms with Gasteiger partial charge in [-0.1, -0.05) is 23.7 Å². The summed E-state index contributed by atoms with van der Waals surface area (Å²) < 4.78 is 31.0. The maximum Gasteiger partial charge on any atom is 0.211 e. The van der Waals surface area contributed by atoms with Crippen molar-refractivity contribution in [3.05, 3.63) is 53.2 Å². The Kier molecular flexibility index (Phi) is 7.04. The van der Waals surface area contributed by atoms with Gasteiger partial charge in [0, 0.05) is 32.4 Å². The first-order valence-electron chi connectivity index (χ1n) is 10.9. The topological polar surface area (TPSA) is 62.7 Å². The molecule has 6 nitrogen and oxygen atoms in total. The molecule has 31 heavy (non-hydrogen) atoms. The van der Waals surface area contributed by atoms with Crippen LogP contribution < -0.4 is 9.64 Å². The number of hydrogen-bond acceptors (Lipinski definition) is 5. The van der Waals surface area contributed by atoms with E-state index in [0.717, 1.165) is 56.9 Å². The minimum absolute atomic E-state index is 0.415. The number of ether oxygens (including phenoxy) is 1. The fourth-order valence-corrected chi connectivity index (χ4v) is 5.44. The van der Waals surface area contributed by atoms with Crippen molar-refractivity contribution in [1.29, 1.82) is 0 Å². The molecule has 1 aromatic heterocycles. The zero-order valence-electron chi connectivity index (χ0n) is 17.9. The molecular formula is C23H30ClN3O3S. The van der Waals surface area contributed by atoms with E-state index in [4.69, 9.17) is 16.3 Å². The van der Waals surface area contributed by atoms with E-state index in [0.29, 0.717) is 29.9 Å². The second-order valence-corrected chi connectivity index (χ2v) is 11.0. The molecule has 0 bridgehead atoms. The summed E-state index contributed by atoms with van der Waals surface area (Å²) in [5.41, 5.74) is 1.27. The number of rotatable bonds is 6. The van der Waals surface area contributed by atoms with Crippen molar-refractivity contribution in [2.45, 2.75) is 31.6 Å². The predicted octanol–water partition coefficient (Wildman–Crippen LogP) is 4.17. The van der Waals surface area contributed by atoms with Gasteiger partial charge in [-0.15, -0.1) is 0 Å². The standard InChI is InChI=1S/C23H30ClN3O3S/c1-31(28,29)27-14-10-20(11-15-27)19-2-5-22(6-3-19)30-17-18-8-12-26(13-9-18)23-7-4-21(24)16-25-23/h2-7,16,18,20H,8-15,17H2,1H3. The number of halogens is 1. The summed E-state index contributed by atoms with van der Waals surface area (Å²) in [6.45, 7) is 3.90. The van der Waals surface area contributed by atoms with E-state index in [9.17, 15) is 8.42 Å². The van der Waals surface area contributed by atoms with Crippen LogP contribution in [0.3, 0.4) is 0 Å². The molecule has 8 heteroatoms. The lowest BCUT2D eigenvalue weighted by molar-refractivity contribution is 0.222. The lowest BCUT2D eigenvalue weighted by atomic mass is 9.90. The second kappa shape index (κ2) is 9.76. The lowest BCUT2D eigenvalue weighted by Crippen LogP contribution is -2.37. The summed E-state index contributed by atoms with van der Waals surface area (Å²) in [7, 11) is -3.08. The molecule has 1 aromatic carbocycles. The van der Waals surface area contributed by atoms with Gasteiger partial charge in [-0.3, -0.25) is 0 Å². The van der Waals surface area contributed by atoms with Crippen LogP contribution in [-0.4, -0.2) is 56.7 Å². The lowest BCUT2D eigenvalue weighted by Gasteiger charge is -2.32. The molecule has 0 saturated carbocycles. The smallest absolute Gasteiger partial charge is 0.211 e. The van der Waals surface area contributed by atoms with Gasteiger partial charge in [0.15, 0.2) is 0 Å². The number of aromatic nitrogens is 1. The highest BCUT2D eigenvalue weighted by Crippen LogP contribution is 2.30. The molecule has 0 aliphatic carbocycles. The molecular weight excluding hydrogens is 434 g/mol. The summed E-state index contributed by atoms with van der Waals surface area (Å²) in [6.07, 6.45) is 6.90. The third-order valence-corrected chi connectivity index (χ3v) is 7.94. The van der Waals surface area contributed by atoms with Crippen molar-refractivity contribution in [3.8, 4) is 5.75 Å². The van der Waals surface area contributed by atoms with E-state index < -0.39 is 10.0 Å². The first-order chi connectivity index (χ1) is 14.9. The zero-order valence-corrected chi connectivity index (χ0v) is 19.5. The third-order valence-electron chi connectivity index (χ3n) is 6.41. The molecule has 2 aromatic rings. The minimum Gasteiger partial charge on any atom is -0.493 e. The summed E-state index contributed by atoms with van der Waals surface area (Å²) in [6, 6.07) is 12.2. The Hall–Kier alpha value is -1.83. The Morgan fingerprint density at radius 1 is 1.00 bits per heavy atom. The van der Waals surface area contributed by atoms with Gasteiger partial charge in [-0.25, -0.2) is 17.7 Å². The monoisotopic (exact) mass is 463 g/mol. The summed E-state index contributed by atoms with van der Waals surface area (Å²) >= 11 is 5.93. The van der Waals surface area contributed by atoms with Crippen LogP contribution in [0, 0.1) is 5.92 Å². The van der Waals surface area contributed by atoms with Crippen LogP contribution in [0.2, 0.25) is 5.02 Å². The van der Waals surface area contributed by atoms with E-state index in [1.54, 1.807) is 10.5 Å². The molecule has 2 aliphatic heterocycles. The van der Waals surface area contributed by atoms with E-state index in [-0.39, 0.29) is 0 Å². The van der Waals surface area contributed by atoms with Crippen LogP contribution >= 0.6 is 11.6 Å². The normalized spacial score (nSPS) is 19.5. The fraction of sp³-hybridized carbons (Fsp3) is 0.522. The SMILES string of the molecule is CS(=O)(=O)N1CCC(c2ccc(OCC3CCN(c4ccc(Cl)cn4)CC3)cc2)CC1. The van der Waals surface area contributed by atoms with Gasteiger partial charge in [0.1, 0.15) is 11.6 Å². The second-order valence-electron chi connectivity index (χ2n) is 8.58. The fourth-order valence-electron chi connectivity index (χ4n) is 4.45. The van der Waals surface area contributed by atoms with Gasteiger partial charge in [0.25, 0.3) is 0 Å². The number of sulfonamides is 1. The van der Waals surface area contributed by atoms with Crippen molar-refractivity contribution in [1.82, 2.24) is 9.29 Å². The Morgan fingerprint density at radius 3 is 2.26 bits per heavy atom. The van der Waals surface area contributed by atoms with Crippen LogP contribution in [0.15, 0.2) is 42.6 Å². The van der Waals surface area contributed by atoms with E-state index >= 15 is 0 Å². The van der Waals surface area contributed by atoms with Crippen molar-refractivity contribution in [3.63, 3.8) is 0 Å². The van der Waals surface area contributed by atoms with Gasteiger partial charge in [-0.05, 0) is 67.3 Å². The molecule has 0 amide bonds. The average Bonchev–Trinajstić information content (AvgIpc) is 2.78. The highest BCUT2D eigenvalue weighted by molar-refractivity contribution is 7.88. The first kappa shape index (κ1) is 22.4. The molecule has 4 rings (SSSR count). The summed E-state index contributed by atoms with van der Waals surface area (Å²) in [4.78, 5) is 6.72. The molecule has 168 valence electrons. The maximum absolute atomic E-state index is 11.7. The molecule has 0 unspecified atom stereocenters. The Balaban J connectivity index is 1.22. The van der Waals surface area contributed by atoms with E-state index in [1.165, 1.54) is 11.8 Å². The molecule has 2 aliphatic rings. The Bertz CT molecular complexity index is 951. The molecule has 0 spiro atoms. The Morgan fingerprint density at radius 2 is 1.68 bits per heavy atom. The van der Waals surface area contributed by atoms with E-state index in [2.05, 4.69) is 22.0 Å². The molecule has 0 radical (unpaired) electrons. The number of pyridine rings is 1. The van der Waals surface area contributed by atoms with Gasteiger partial charge in [-0.2, -0.15) is 0 Å². The van der Waals surface area contributed by atoms with Crippen LogP contribution in [0.5, 0.6) is 5.75 Å². The number of benzene rings is 1. The third kappa shape index (κ3) is 5.90. The number of piperidine rings is 2. The largest absolute Gasteiger partial charge is 0.493 e. The van der Waals surface area contributed by atoms with Crippen LogP contribution in [-0.2, 0) is 10.0 Å². The quantitative estimate of drug-likeness (QED) is 0.643. The number of nitrogens with zero attached hydrogens (tertiary/aromatic N) is 3. The molecule has 3 heterocycles. The molecule has 0 N–H and O–H groups in total. The molecule has 2 fully saturated rings. The van der Waals surface area contributed by atoms with Crippen molar-refractivity contribution in [2.75, 3.05) is 43.9 Å². The maximum atomic E-state index is 11.7. The Labute approximate surface area is 190 Å². The van der Waals surface area contributed by atoms with Gasteiger partial charge in [0.05, 0.1) is 17.9 Å². The average molecular weight is 464 g/mol. The van der Waals surface area contributed by atoms with Gasteiger partial charge < -0.3 is 9.64 Å². The number of hydrogen-bond donors (Lipinski definition) is 0. The summed E-state index contributed by atoms with van der Waals surface area (Å²) in [5.74, 6) is 2.85. The number of anilines is 1. The van der Waals surface area contributed by atoms with Crippen LogP contribution in [0.25, 0.3) is 0 Å². The zero-order chi connectivity index (χ0) is 21.8. The highest BCUT2D eigenvalue weighted by Gasteiger charge is 2.26. The van der Waals surface area contributed by atoms with Crippen molar-refractivity contribution in [2.24, 2.45) is 5.92 Å². The molecule has 2 saturated heterocycles. The summed E-state index contributed by atoms with van der Waals surface area (Å²) in [5, 5.41) is 0.664. The van der Waals surface area contributed by atoms with E-state index in [1.807, 2.05) is 24.3 Å². The van der Waals surface area contributed by atoms with Crippen LogP contribution in [0.4, 0.5) is 5.82 Å². The van der Waals surface area contributed by atoms with Gasteiger partial charge >= 0.3 is 0 Å². The van der Waals surface area contributed by atoms with Crippen LogP contribution in [0.1, 0.15) is 37.2 Å². The molecule has 0 atom stereocenters. The van der Waals surface area contributed by atoms with Crippen molar-refractivity contribution >= 4 is 27.4 Å².